The predicted octanol–water partition coefficient (Wildman–Crippen LogP) is 0.326. The smallest absolute Gasteiger partial charge is 0.239 e. The second kappa shape index (κ2) is 5.83. The Morgan fingerprint density at radius 1 is 1.33 bits per heavy atom. The average Bonchev–Trinajstić information content (AvgIpc) is 2.89. The number of carbonyl (C=O) groups is 1. The van der Waals surface area contributed by atoms with Gasteiger partial charge in [-0.25, -0.2) is 4.98 Å². The Morgan fingerprint density at radius 2 is 2.10 bits per heavy atom. The Balaban J connectivity index is 1.59. The van der Waals surface area contributed by atoms with Crippen molar-refractivity contribution in [1.29, 1.82) is 0 Å². The summed E-state index contributed by atoms with van der Waals surface area (Å²) < 4.78 is 2.03. The van der Waals surface area contributed by atoms with E-state index in [9.17, 15) is 4.79 Å². The number of piperazine rings is 1. The fourth-order valence-electron chi connectivity index (χ4n) is 2.71. The minimum Gasteiger partial charge on any atom is -0.339 e. The molecule has 6 nitrogen and oxygen atoms in total. The van der Waals surface area contributed by atoms with Crippen LogP contribution in [0.15, 0.2) is 30.6 Å². The number of nitrogens with zero attached hydrogens (tertiary/aromatic N) is 4. The quantitative estimate of drug-likeness (QED) is 0.883. The summed E-state index contributed by atoms with van der Waals surface area (Å²) in [6.45, 7) is 5.79. The van der Waals surface area contributed by atoms with Crippen molar-refractivity contribution in [3.63, 3.8) is 0 Å². The Morgan fingerprint density at radius 3 is 2.76 bits per heavy atom. The molecule has 0 radical (unpaired) electrons. The minimum atomic E-state index is -0.407. The number of carbonyl (C=O) groups excluding carboxylic acids is 1. The summed E-state index contributed by atoms with van der Waals surface area (Å²) in [5.41, 5.74) is 7.68. The number of nitrogens with two attached hydrogens (primary N) is 1. The SMILES string of the molecule is CC(N)C(=O)N1CCN(Cc2cn3ccccc3n2)CC1. The lowest BCUT2D eigenvalue weighted by Gasteiger charge is -2.35. The van der Waals surface area contributed by atoms with Gasteiger partial charge in [0.25, 0.3) is 0 Å². The van der Waals surface area contributed by atoms with Crippen molar-refractivity contribution in [2.75, 3.05) is 26.2 Å². The Bertz CT molecular complexity index is 595. The molecule has 2 aromatic rings. The third-order valence-electron chi connectivity index (χ3n) is 3.87. The maximum absolute atomic E-state index is 11.8. The molecule has 1 atom stereocenters. The van der Waals surface area contributed by atoms with Crippen molar-refractivity contribution >= 4 is 11.6 Å². The molecule has 2 aromatic heterocycles. The van der Waals surface area contributed by atoms with E-state index in [1.54, 1.807) is 6.92 Å². The fraction of sp³-hybridized carbons (Fsp3) is 0.467. The van der Waals surface area contributed by atoms with E-state index in [0.29, 0.717) is 0 Å². The van der Waals surface area contributed by atoms with Gasteiger partial charge < -0.3 is 15.0 Å². The summed E-state index contributed by atoms with van der Waals surface area (Å²) in [6, 6.07) is 5.58. The van der Waals surface area contributed by atoms with Crippen LogP contribution in [0.1, 0.15) is 12.6 Å². The number of rotatable bonds is 3. The third kappa shape index (κ3) is 3.06. The van der Waals surface area contributed by atoms with Crippen molar-refractivity contribution in [3.8, 4) is 0 Å². The molecule has 1 fully saturated rings. The van der Waals surface area contributed by atoms with Crippen LogP contribution >= 0.6 is 0 Å². The lowest BCUT2D eigenvalue weighted by Crippen LogP contribution is -2.52. The lowest BCUT2D eigenvalue weighted by atomic mass is 10.2. The standard InChI is InChI=1S/C15H21N5O/c1-12(16)15(21)19-8-6-18(7-9-19)10-13-11-20-5-3-2-4-14(20)17-13/h2-5,11-12H,6-10,16H2,1H3. The molecule has 0 bridgehead atoms. The van der Waals surface area contributed by atoms with Gasteiger partial charge in [-0.2, -0.15) is 0 Å². The Labute approximate surface area is 124 Å². The van der Waals surface area contributed by atoms with E-state index in [1.807, 2.05) is 33.7 Å². The van der Waals surface area contributed by atoms with Gasteiger partial charge in [0.1, 0.15) is 5.65 Å². The largest absolute Gasteiger partial charge is 0.339 e. The Hall–Kier alpha value is -1.92. The summed E-state index contributed by atoms with van der Waals surface area (Å²) in [4.78, 5) is 20.6. The molecule has 0 aromatic carbocycles. The molecule has 1 aliphatic rings. The number of fused-ring (bicyclic) bond motifs is 1. The molecule has 1 saturated heterocycles. The van der Waals surface area contributed by atoms with Crippen LogP contribution in [0, 0.1) is 0 Å². The van der Waals surface area contributed by atoms with E-state index >= 15 is 0 Å². The van der Waals surface area contributed by atoms with Gasteiger partial charge in [0.15, 0.2) is 0 Å². The average molecular weight is 287 g/mol. The van der Waals surface area contributed by atoms with Gasteiger partial charge in [0, 0.05) is 45.1 Å². The topological polar surface area (TPSA) is 66.9 Å². The van der Waals surface area contributed by atoms with Crippen molar-refractivity contribution in [1.82, 2.24) is 19.2 Å². The van der Waals surface area contributed by atoms with Gasteiger partial charge in [0.2, 0.25) is 5.91 Å². The van der Waals surface area contributed by atoms with E-state index < -0.39 is 6.04 Å². The second-order valence-electron chi connectivity index (χ2n) is 5.59. The summed E-state index contributed by atoms with van der Waals surface area (Å²) in [7, 11) is 0. The van der Waals surface area contributed by atoms with Gasteiger partial charge in [-0.3, -0.25) is 9.69 Å². The summed E-state index contributed by atoms with van der Waals surface area (Å²) in [5.74, 6) is 0.0439. The highest BCUT2D eigenvalue weighted by molar-refractivity contribution is 5.81. The van der Waals surface area contributed by atoms with Gasteiger partial charge in [0.05, 0.1) is 11.7 Å². The number of pyridine rings is 1. The van der Waals surface area contributed by atoms with Crippen molar-refractivity contribution in [3.05, 3.63) is 36.3 Å². The number of hydrogen-bond donors (Lipinski definition) is 1. The number of hydrogen-bond acceptors (Lipinski definition) is 4. The van der Waals surface area contributed by atoms with Gasteiger partial charge >= 0.3 is 0 Å². The van der Waals surface area contributed by atoms with Gasteiger partial charge in [-0.1, -0.05) is 6.07 Å². The lowest BCUT2D eigenvalue weighted by molar-refractivity contribution is -0.134. The fourth-order valence-corrected chi connectivity index (χ4v) is 2.71. The van der Waals surface area contributed by atoms with Crippen molar-refractivity contribution in [2.24, 2.45) is 5.73 Å². The monoisotopic (exact) mass is 287 g/mol. The minimum absolute atomic E-state index is 0.0439. The van der Waals surface area contributed by atoms with Crippen LogP contribution in [-0.2, 0) is 11.3 Å². The first kappa shape index (κ1) is 14.0. The van der Waals surface area contributed by atoms with E-state index in [4.69, 9.17) is 5.73 Å². The zero-order valence-corrected chi connectivity index (χ0v) is 12.3. The summed E-state index contributed by atoms with van der Waals surface area (Å²) in [6.07, 6.45) is 4.07. The molecule has 1 aliphatic heterocycles. The molecule has 21 heavy (non-hydrogen) atoms. The van der Waals surface area contributed by atoms with Gasteiger partial charge in [-0.05, 0) is 19.1 Å². The maximum Gasteiger partial charge on any atom is 0.239 e. The highest BCUT2D eigenvalue weighted by Gasteiger charge is 2.23. The highest BCUT2D eigenvalue weighted by atomic mass is 16.2. The van der Waals surface area contributed by atoms with Gasteiger partial charge in [-0.15, -0.1) is 0 Å². The molecule has 0 saturated carbocycles. The highest BCUT2D eigenvalue weighted by Crippen LogP contribution is 2.10. The van der Waals surface area contributed by atoms with E-state index in [0.717, 1.165) is 44.1 Å². The molecular weight excluding hydrogens is 266 g/mol. The number of imidazole rings is 1. The summed E-state index contributed by atoms with van der Waals surface area (Å²) in [5, 5.41) is 0. The normalized spacial score (nSPS) is 18.1. The molecule has 2 N–H and O–H groups in total. The first-order valence-corrected chi connectivity index (χ1v) is 7.33. The van der Waals surface area contributed by atoms with Crippen molar-refractivity contribution < 1.29 is 4.79 Å². The first-order chi connectivity index (χ1) is 10.1. The van der Waals surface area contributed by atoms with Crippen LogP contribution in [0.25, 0.3) is 5.65 Å². The zero-order valence-electron chi connectivity index (χ0n) is 12.3. The molecule has 1 amide bonds. The molecular formula is C15H21N5O. The summed E-state index contributed by atoms with van der Waals surface area (Å²) >= 11 is 0. The molecule has 0 spiro atoms. The zero-order chi connectivity index (χ0) is 14.8. The predicted molar refractivity (Wildman–Crippen MR) is 80.7 cm³/mol. The first-order valence-electron chi connectivity index (χ1n) is 7.33. The molecule has 3 rings (SSSR count). The van der Waals surface area contributed by atoms with Crippen LogP contribution in [0.4, 0.5) is 0 Å². The molecule has 112 valence electrons. The molecule has 0 aliphatic carbocycles. The van der Waals surface area contributed by atoms with E-state index in [2.05, 4.69) is 16.1 Å². The Kier molecular flexibility index (Phi) is 3.90. The van der Waals surface area contributed by atoms with E-state index in [-0.39, 0.29) is 5.91 Å². The van der Waals surface area contributed by atoms with Crippen LogP contribution < -0.4 is 5.73 Å². The molecule has 6 heteroatoms. The van der Waals surface area contributed by atoms with Crippen LogP contribution in [0.5, 0.6) is 0 Å². The van der Waals surface area contributed by atoms with Crippen molar-refractivity contribution in [2.45, 2.75) is 19.5 Å². The van der Waals surface area contributed by atoms with Crippen LogP contribution in [0.3, 0.4) is 0 Å². The maximum atomic E-state index is 11.8. The number of aromatic nitrogens is 2. The number of amides is 1. The van der Waals surface area contributed by atoms with Crippen LogP contribution in [0.2, 0.25) is 0 Å². The van der Waals surface area contributed by atoms with Crippen LogP contribution in [-0.4, -0.2) is 57.3 Å². The third-order valence-corrected chi connectivity index (χ3v) is 3.87. The second-order valence-corrected chi connectivity index (χ2v) is 5.59. The van der Waals surface area contributed by atoms with E-state index in [1.165, 1.54) is 0 Å². The molecule has 1 unspecified atom stereocenters. The molecule has 3 heterocycles.